The zero-order valence-corrected chi connectivity index (χ0v) is 12.8. The first-order chi connectivity index (χ1) is 10.1. The first-order valence-electron chi connectivity index (χ1n) is 7.17. The van der Waals surface area contributed by atoms with Crippen LogP contribution in [0.15, 0.2) is 42.5 Å². The summed E-state index contributed by atoms with van der Waals surface area (Å²) in [5.74, 6) is 0.574. The second-order valence-corrected chi connectivity index (χ2v) is 5.14. The monoisotopic (exact) mass is 283 g/mol. The van der Waals surface area contributed by atoms with Crippen molar-refractivity contribution in [3.8, 4) is 5.75 Å². The van der Waals surface area contributed by atoms with Gasteiger partial charge in [0.1, 0.15) is 5.75 Å². The first-order valence-corrected chi connectivity index (χ1v) is 7.17. The quantitative estimate of drug-likeness (QED) is 0.904. The molecule has 0 heterocycles. The second-order valence-electron chi connectivity index (χ2n) is 5.14. The summed E-state index contributed by atoms with van der Waals surface area (Å²) in [5.41, 5.74) is 4.36. The van der Waals surface area contributed by atoms with Crippen molar-refractivity contribution in [2.24, 2.45) is 0 Å². The van der Waals surface area contributed by atoms with Crippen molar-refractivity contribution >= 4 is 11.6 Å². The minimum absolute atomic E-state index is 0.0140. The highest BCUT2D eigenvalue weighted by atomic mass is 16.5. The number of hydrogen-bond donors (Lipinski definition) is 1. The van der Waals surface area contributed by atoms with Gasteiger partial charge in [-0.3, -0.25) is 4.79 Å². The maximum Gasteiger partial charge on any atom is 0.262 e. The Morgan fingerprint density at radius 1 is 1.10 bits per heavy atom. The molecule has 0 aliphatic heterocycles. The summed E-state index contributed by atoms with van der Waals surface area (Å²) >= 11 is 0. The molecule has 0 aromatic heterocycles. The van der Waals surface area contributed by atoms with E-state index in [0.29, 0.717) is 0 Å². The lowest BCUT2D eigenvalue weighted by Crippen LogP contribution is -2.20. The molecular weight excluding hydrogens is 262 g/mol. The van der Waals surface area contributed by atoms with Crippen LogP contribution in [0.5, 0.6) is 5.75 Å². The van der Waals surface area contributed by atoms with Gasteiger partial charge in [0.15, 0.2) is 6.61 Å². The Balaban J connectivity index is 1.91. The molecule has 2 aromatic rings. The van der Waals surface area contributed by atoms with E-state index in [0.717, 1.165) is 23.4 Å². The Labute approximate surface area is 126 Å². The van der Waals surface area contributed by atoms with Crippen LogP contribution in [0.25, 0.3) is 0 Å². The molecule has 1 amide bonds. The van der Waals surface area contributed by atoms with Crippen LogP contribution < -0.4 is 10.1 Å². The Bertz CT molecular complexity index is 635. The minimum atomic E-state index is -0.153. The lowest BCUT2D eigenvalue weighted by molar-refractivity contribution is -0.118. The van der Waals surface area contributed by atoms with Gasteiger partial charge in [0, 0.05) is 5.69 Å². The third kappa shape index (κ3) is 4.35. The van der Waals surface area contributed by atoms with Crippen LogP contribution in [0.1, 0.15) is 23.6 Å². The van der Waals surface area contributed by atoms with E-state index in [9.17, 15) is 4.79 Å². The second kappa shape index (κ2) is 6.93. The maximum absolute atomic E-state index is 11.9. The van der Waals surface area contributed by atoms with Gasteiger partial charge < -0.3 is 10.1 Å². The Kier molecular flexibility index (Phi) is 4.99. The fourth-order valence-electron chi connectivity index (χ4n) is 2.02. The number of amides is 1. The summed E-state index contributed by atoms with van der Waals surface area (Å²) in [6, 6.07) is 13.7. The predicted octanol–water partition coefficient (Wildman–Crippen LogP) is 3.88. The molecule has 0 radical (unpaired) electrons. The molecule has 110 valence electrons. The van der Waals surface area contributed by atoms with Crippen LogP contribution in [-0.4, -0.2) is 12.5 Å². The van der Waals surface area contributed by atoms with Crippen molar-refractivity contribution in [3.05, 3.63) is 59.2 Å². The Morgan fingerprint density at radius 2 is 1.90 bits per heavy atom. The smallest absolute Gasteiger partial charge is 0.262 e. The number of carbonyl (C=O) groups is 1. The summed E-state index contributed by atoms with van der Waals surface area (Å²) in [6.45, 7) is 6.17. The molecule has 2 aromatic carbocycles. The Hall–Kier alpha value is -2.29. The van der Waals surface area contributed by atoms with Gasteiger partial charge >= 0.3 is 0 Å². The van der Waals surface area contributed by atoms with Crippen molar-refractivity contribution in [1.82, 2.24) is 0 Å². The van der Waals surface area contributed by atoms with Crippen molar-refractivity contribution < 1.29 is 9.53 Å². The van der Waals surface area contributed by atoms with Crippen LogP contribution in [-0.2, 0) is 11.2 Å². The summed E-state index contributed by atoms with van der Waals surface area (Å²) in [7, 11) is 0. The summed E-state index contributed by atoms with van der Waals surface area (Å²) in [5, 5.41) is 2.84. The van der Waals surface area contributed by atoms with Gasteiger partial charge in [-0.15, -0.1) is 0 Å². The molecule has 0 fully saturated rings. The number of hydrogen-bond acceptors (Lipinski definition) is 2. The SMILES string of the molecule is CCc1cccc(OCC(=O)Nc2ccc(C)c(C)c2)c1. The molecular formula is C18H21NO2. The summed E-state index contributed by atoms with van der Waals surface area (Å²) in [4.78, 5) is 11.9. The number of rotatable bonds is 5. The highest BCUT2D eigenvalue weighted by Crippen LogP contribution is 2.15. The van der Waals surface area contributed by atoms with Crippen LogP contribution in [0.3, 0.4) is 0 Å². The topological polar surface area (TPSA) is 38.3 Å². The zero-order chi connectivity index (χ0) is 15.2. The van der Waals surface area contributed by atoms with Gasteiger partial charge in [-0.1, -0.05) is 25.1 Å². The molecule has 0 saturated carbocycles. The highest BCUT2D eigenvalue weighted by Gasteiger charge is 2.05. The van der Waals surface area contributed by atoms with E-state index in [-0.39, 0.29) is 12.5 Å². The van der Waals surface area contributed by atoms with Crippen molar-refractivity contribution in [3.63, 3.8) is 0 Å². The minimum Gasteiger partial charge on any atom is -0.484 e. The fraction of sp³-hybridized carbons (Fsp3) is 0.278. The Morgan fingerprint density at radius 3 is 2.62 bits per heavy atom. The molecule has 0 saturated heterocycles. The van der Waals surface area contributed by atoms with Crippen molar-refractivity contribution in [1.29, 1.82) is 0 Å². The molecule has 3 nitrogen and oxygen atoms in total. The normalized spacial score (nSPS) is 10.2. The third-order valence-electron chi connectivity index (χ3n) is 3.47. The number of nitrogens with one attached hydrogen (secondary N) is 1. The average molecular weight is 283 g/mol. The van der Waals surface area contributed by atoms with Gasteiger partial charge in [0.25, 0.3) is 5.91 Å². The lowest BCUT2D eigenvalue weighted by atomic mass is 10.1. The van der Waals surface area contributed by atoms with Crippen LogP contribution in [0.4, 0.5) is 5.69 Å². The molecule has 0 atom stereocenters. The molecule has 3 heteroatoms. The molecule has 1 N–H and O–H groups in total. The van der Waals surface area contributed by atoms with Gasteiger partial charge in [0.2, 0.25) is 0 Å². The molecule has 2 rings (SSSR count). The van der Waals surface area contributed by atoms with Gasteiger partial charge in [-0.25, -0.2) is 0 Å². The van der Waals surface area contributed by atoms with E-state index < -0.39 is 0 Å². The molecule has 0 aliphatic rings. The highest BCUT2D eigenvalue weighted by molar-refractivity contribution is 5.92. The van der Waals surface area contributed by atoms with E-state index in [2.05, 4.69) is 12.2 Å². The van der Waals surface area contributed by atoms with Gasteiger partial charge in [-0.2, -0.15) is 0 Å². The van der Waals surface area contributed by atoms with Crippen LogP contribution in [0.2, 0.25) is 0 Å². The molecule has 0 bridgehead atoms. The molecule has 0 aliphatic carbocycles. The summed E-state index contributed by atoms with van der Waals surface area (Å²) in [6.07, 6.45) is 0.950. The molecule has 0 spiro atoms. The third-order valence-corrected chi connectivity index (χ3v) is 3.47. The lowest BCUT2D eigenvalue weighted by Gasteiger charge is -2.09. The predicted molar refractivity (Wildman–Crippen MR) is 85.9 cm³/mol. The van der Waals surface area contributed by atoms with Gasteiger partial charge in [-0.05, 0) is 61.2 Å². The number of anilines is 1. The number of carbonyl (C=O) groups excluding carboxylic acids is 1. The van der Waals surface area contributed by atoms with Crippen molar-refractivity contribution in [2.45, 2.75) is 27.2 Å². The number of benzene rings is 2. The standard InChI is InChI=1S/C18H21NO2/c1-4-15-6-5-7-17(11-15)21-12-18(20)19-16-9-8-13(2)14(3)10-16/h5-11H,4,12H2,1-3H3,(H,19,20). The van der Waals surface area contributed by atoms with Crippen LogP contribution >= 0.6 is 0 Å². The molecule has 0 unspecified atom stereocenters. The number of aryl methyl sites for hydroxylation is 3. The van der Waals surface area contributed by atoms with Crippen molar-refractivity contribution in [2.75, 3.05) is 11.9 Å². The largest absolute Gasteiger partial charge is 0.484 e. The first kappa shape index (κ1) is 15.1. The van der Waals surface area contributed by atoms with Crippen LogP contribution in [0, 0.1) is 13.8 Å². The van der Waals surface area contributed by atoms with E-state index >= 15 is 0 Å². The maximum atomic E-state index is 11.9. The van der Waals surface area contributed by atoms with E-state index in [4.69, 9.17) is 4.74 Å². The van der Waals surface area contributed by atoms with E-state index in [1.807, 2.05) is 56.3 Å². The van der Waals surface area contributed by atoms with E-state index in [1.165, 1.54) is 11.1 Å². The fourth-order valence-corrected chi connectivity index (χ4v) is 2.02. The zero-order valence-electron chi connectivity index (χ0n) is 12.8. The van der Waals surface area contributed by atoms with Gasteiger partial charge in [0.05, 0.1) is 0 Å². The molecule has 21 heavy (non-hydrogen) atoms. The average Bonchev–Trinajstić information content (AvgIpc) is 2.49. The number of ether oxygens (including phenoxy) is 1. The summed E-state index contributed by atoms with van der Waals surface area (Å²) < 4.78 is 5.52. The van der Waals surface area contributed by atoms with E-state index in [1.54, 1.807) is 0 Å².